The number of aliphatic hydroxyl groups is 2. The molecule has 0 spiro atoms. The summed E-state index contributed by atoms with van der Waals surface area (Å²) in [6, 6.07) is 0. The largest absolute Gasteiger partial charge is 0.392 e. The number of rotatable bonds is 2. The molecule has 0 aromatic rings. The van der Waals surface area contributed by atoms with Crippen LogP contribution in [0.3, 0.4) is 0 Å². The minimum absolute atomic E-state index is 0.0730. The summed E-state index contributed by atoms with van der Waals surface area (Å²) in [5, 5.41) is 19.1. The van der Waals surface area contributed by atoms with Crippen LogP contribution < -0.4 is 0 Å². The van der Waals surface area contributed by atoms with Gasteiger partial charge in [-0.3, -0.25) is 0 Å². The molecule has 2 nitrogen and oxygen atoms in total. The maximum Gasteiger partial charge on any atom is 0.0715 e. The average molecular weight is 168 g/mol. The second kappa shape index (κ2) is 3.87. The fourth-order valence-electron chi connectivity index (χ4n) is 1.67. The smallest absolute Gasteiger partial charge is 0.0715 e. The van der Waals surface area contributed by atoms with Crippen LogP contribution in [0.25, 0.3) is 0 Å². The Morgan fingerprint density at radius 3 is 1.42 bits per heavy atom. The third kappa shape index (κ3) is 1.45. The minimum atomic E-state index is -0.410. The molecule has 0 atom stereocenters. The van der Waals surface area contributed by atoms with Gasteiger partial charge in [0, 0.05) is 11.8 Å². The van der Waals surface area contributed by atoms with Gasteiger partial charge >= 0.3 is 0 Å². The molecule has 2 heteroatoms. The molecule has 0 unspecified atom stereocenters. The van der Waals surface area contributed by atoms with Gasteiger partial charge in [-0.1, -0.05) is 24.3 Å². The summed E-state index contributed by atoms with van der Waals surface area (Å²) in [4.78, 5) is 0. The van der Waals surface area contributed by atoms with E-state index < -0.39 is 12.2 Å². The lowest BCUT2D eigenvalue weighted by Crippen LogP contribution is -2.53. The Kier molecular flexibility index (Phi) is 3.06. The van der Waals surface area contributed by atoms with Crippen molar-refractivity contribution in [2.45, 2.75) is 26.1 Å². The van der Waals surface area contributed by atoms with Crippen LogP contribution in [0.5, 0.6) is 0 Å². The first kappa shape index (κ1) is 9.49. The molecular formula is C10H16O2. The predicted octanol–water partition coefficient (Wildman–Crippen LogP) is 1.11. The highest BCUT2D eigenvalue weighted by Gasteiger charge is 2.45. The van der Waals surface area contributed by atoms with Gasteiger partial charge in [-0.15, -0.1) is 0 Å². The van der Waals surface area contributed by atoms with Crippen LogP contribution >= 0.6 is 0 Å². The van der Waals surface area contributed by atoms with E-state index in [0.717, 1.165) is 0 Å². The summed E-state index contributed by atoms with van der Waals surface area (Å²) < 4.78 is 0. The Hall–Kier alpha value is -0.600. The van der Waals surface area contributed by atoms with Crippen molar-refractivity contribution in [1.82, 2.24) is 0 Å². The molecule has 68 valence electrons. The van der Waals surface area contributed by atoms with E-state index in [1.165, 1.54) is 0 Å². The van der Waals surface area contributed by atoms with Gasteiger partial charge in [-0.05, 0) is 13.8 Å². The summed E-state index contributed by atoms with van der Waals surface area (Å²) in [5.74, 6) is -0.146. The average Bonchev–Trinajstić information content (AvgIpc) is 2.10. The molecule has 0 aromatic heterocycles. The van der Waals surface area contributed by atoms with Crippen molar-refractivity contribution in [1.29, 1.82) is 0 Å². The van der Waals surface area contributed by atoms with Gasteiger partial charge in [-0.2, -0.15) is 0 Å². The van der Waals surface area contributed by atoms with Gasteiger partial charge in [0.2, 0.25) is 0 Å². The first-order chi connectivity index (χ1) is 5.72. The highest BCUT2D eigenvalue weighted by Crippen LogP contribution is 2.36. The summed E-state index contributed by atoms with van der Waals surface area (Å²) in [7, 11) is 0. The fraction of sp³-hybridized carbons (Fsp3) is 0.600. The number of aliphatic hydroxyl groups excluding tert-OH is 2. The first-order valence-electron chi connectivity index (χ1n) is 4.34. The zero-order valence-electron chi connectivity index (χ0n) is 7.51. The molecule has 0 bridgehead atoms. The SMILES string of the molecule is C/C=C\C1C(O)C(/C=C\C)C1O. The zero-order chi connectivity index (χ0) is 9.14. The highest BCUT2D eigenvalue weighted by molar-refractivity contribution is 5.13. The lowest BCUT2D eigenvalue weighted by atomic mass is 9.68. The van der Waals surface area contributed by atoms with Gasteiger partial charge in [-0.25, -0.2) is 0 Å². The Labute approximate surface area is 73.2 Å². The van der Waals surface area contributed by atoms with Crippen molar-refractivity contribution in [2.75, 3.05) is 0 Å². The molecule has 0 heterocycles. The zero-order valence-corrected chi connectivity index (χ0v) is 7.51. The van der Waals surface area contributed by atoms with Crippen molar-refractivity contribution in [2.24, 2.45) is 11.8 Å². The number of hydrogen-bond donors (Lipinski definition) is 2. The van der Waals surface area contributed by atoms with Crippen molar-refractivity contribution in [3.63, 3.8) is 0 Å². The highest BCUT2D eigenvalue weighted by atomic mass is 16.3. The monoisotopic (exact) mass is 168 g/mol. The normalized spacial score (nSPS) is 42.3. The van der Waals surface area contributed by atoms with Gasteiger partial charge in [0.1, 0.15) is 0 Å². The Morgan fingerprint density at radius 1 is 0.833 bits per heavy atom. The van der Waals surface area contributed by atoms with E-state index in [0.29, 0.717) is 0 Å². The summed E-state index contributed by atoms with van der Waals surface area (Å²) in [6.07, 6.45) is 6.62. The Morgan fingerprint density at radius 2 is 1.17 bits per heavy atom. The lowest BCUT2D eigenvalue weighted by molar-refractivity contribution is -0.110. The fourth-order valence-corrected chi connectivity index (χ4v) is 1.67. The van der Waals surface area contributed by atoms with Gasteiger partial charge in [0.05, 0.1) is 12.2 Å². The molecule has 0 radical (unpaired) electrons. The standard InChI is InChI=1S/C10H16O2/c1-3-5-7-9(11)8(6-4-2)10(7)12/h3-12H,1-2H3/b5-3-,6-4-. The van der Waals surface area contributed by atoms with Crippen molar-refractivity contribution < 1.29 is 10.2 Å². The summed E-state index contributed by atoms with van der Waals surface area (Å²) >= 11 is 0. The molecule has 0 amide bonds. The third-order valence-electron chi connectivity index (χ3n) is 2.41. The second-order valence-electron chi connectivity index (χ2n) is 3.19. The van der Waals surface area contributed by atoms with Crippen LogP contribution in [0.4, 0.5) is 0 Å². The molecule has 0 aromatic carbocycles. The minimum Gasteiger partial charge on any atom is -0.392 e. The van der Waals surface area contributed by atoms with Crippen molar-refractivity contribution >= 4 is 0 Å². The lowest BCUT2D eigenvalue weighted by Gasteiger charge is -2.43. The Bertz CT molecular complexity index is 166. The maximum absolute atomic E-state index is 9.54. The number of allylic oxidation sites excluding steroid dienone is 2. The molecule has 1 aliphatic carbocycles. The van der Waals surface area contributed by atoms with Crippen LogP contribution in [0.1, 0.15) is 13.8 Å². The summed E-state index contributed by atoms with van der Waals surface area (Å²) in [6.45, 7) is 3.78. The molecule has 1 saturated carbocycles. The molecule has 0 aliphatic heterocycles. The van der Waals surface area contributed by atoms with E-state index in [-0.39, 0.29) is 11.8 Å². The molecule has 1 rings (SSSR count). The van der Waals surface area contributed by atoms with E-state index in [4.69, 9.17) is 0 Å². The molecule has 0 saturated heterocycles. The molecule has 2 N–H and O–H groups in total. The van der Waals surface area contributed by atoms with Gasteiger partial charge in [0.25, 0.3) is 0 Å². The second-order valence-corrected chi connectivity index (χ2v) is 3.19. The topological polar surface area (TPSA) is 40.5 Å². The van der Waals surface area contributed by atoms with E-state index in [2.05, 4.69) is 0 Å². The molecule has 1 fully saturated rings. The van der Waals surface area contributed by atoms with Gasteiger partial charge < -0.3 is 10.2 Å². The van der Waals surface area contributed by atoms with Crippen molar-refractivity contribution in [3.05, 3.63) is 24.3 Å². The first-order valence-corrected chi connectivity index (χ1v) is 4.34. The van der Waals surface area contributed by atoms with E-state index in [1.807, 2.05) is 38.2 Å². The van der Waals surface area contributed by atoms with Crippen molar-refractivity contribution in [3.8, 4) is 0 Å². The molecule has 1 aliphatic rings. The van der Waals surface area contributed by atoms with E-state index in [9.17, 15) is 10.2 Å². The van der Waals surface area contributed by atoms with E-state index in [1.54, 1.807) is 0 Å². The summed E-state index contributed by atoms with van der Waals surface area (Å²) in [5.41, 5.74) is 0. The van der Waals surface area contributed by atoms with E-state index >= 15 is 0 Å². The predicted molar refractivity (Wildman–Crippen MR) is 48.6 cm³/mol. The van der Waals surface area contributed by atoms with Crippen LogP contribution in [-0.2, 0) is 0 Å². The quantitative estimate of drug-likeness (QED) is 0.606. The Balaban J connectivity index is 2.55. The van der Waals surface area contributed by atoms with Crippen LogP contribution in [0.2, 0.25) is 0 Å². The third-order valence-corrected chi connectivity index (χ3v) is 2.41. The van der Waals surface area contributed by atoms with Crippen LogP contribution in [-0.4, -0.2) is 22.4 Å². The number of hydrogen-bond acceptors (Lipinski definition) is 2. The maximum atomic E-state index is 9.54. The van der Waals surface area contributed by atoms with Crippen LogP contribution in [0, 0.1) is 11.8 Å². The van der Waals surface area contributed by atoms with Gasteiger partial charge in [0.15, 0.2) is 0 Å². The molecule has 12 heavy (non-hydrogen) atoms. The molecular weight excluding hydrogens is 152 g/mol. The van der Waals surface area contributed by atoms with Crippen LogP contribution in [0.15, 0.2) is 24.3 Å².